The van der Waals surface area contributed by atoms with Crippen LogP contribution < -0.4 is 4.72 Å². The molecule has 0 unspecified atom stereocenters. The van der Waals surface area contributed by atoms with Crippen molar-refractivity contribution in [1.82, 2.24) is 9.78 Å². The van der Waals surface area contributed by atoms with Crippen LogP contribution in [0, 0.1) is 0 Å². The van der Waals surface area contributed by atoms with E-state index in [2.05, 4.69) is 14.6 Å². The van der Waals surface area contributed by atoms with Crippen molar-refractivity contribution in [3.05, 3.63) is 11.8 Å². The average Bonchev–Trinajstić information content (AvgIpc) is 2.65. The van der Waals surface area contributed by atoms with Gasteiger partial charge in [0.05, 0.1) is 18.6 Å². The number of rotatable bonds is 4. The lowest BCUT2D eigenvalue weighted by atomic mass is 10.4. The first-order chi connectivity index (χ1) is 9.14. The number of hydrogen-bond acceptors (Lipinski definition) is 7. The van der Waals surface area contributed by atoms with Gasteiger partial charge in [0.2, 0.25) is 10.0 Å². The predicted octanol–water partition coefficient (Wildman–Crippen LogP) is -1.25. The molecule has 1 aromatic rings. The highest BCUT2D eigenvalue weighted by atomic mass is 32.2. The number of hydrogen-bond donors (Lipinski definition) is 1. The number of carbonyl (C=O) groups is 1. The molecule has 11 heteroatoms. The van der Waals surface area contributed by atoms with Crippen LogP contribution in [-0.4, -0.2) is 56.5 Å². The number of sulfone groups is 1. The molecule has 2 heterocycles. The minimum Gasteiger partial charge on any atom is -0.464 e. The Morgan fingerprint density at radius 1 is 1.50 bits per heavy atom. The number of nitrogens with zero attached hydrogens (tertiary/aromatic N) is 2. The van der Waals surface area contributed by atoms with Gasteiger partial charge < -0.3 is 4.74 Å². The van der Waals surface area contributed by atoms with E-state index in [1.807, 2.05) is 0 Å². The predicted molar refractivity (Wildman–Crippen MR) is 69.5 cm³/mol. The first-order valence-corrected chi connectivity index (χ1v) is 8.86. The molecule has 0 atom stereocenters. The maximum absolute atomic E-state index is 11.9. The Kier molecular flexibility index (Phi) is 3.50. The third-order valence-corrected chi connectivity index (χ3v) is 6.79. The Balaban J connectivity index is 2.17. The van der Waals surface area contributed by atoms with Crippen LogP contribution in [0.25, 0.3) is 0 Å². The standard InChI is InChI=1S/C9H13N3O6S2/c1-12-7(9(13)18-2)3-8(10-12)11-20(16,17)6-4-19(14,15)5-6/h3,6H,4-5H2,1-2H3,(H,10,11). The molecule has 0 amide bonds. The van der Waals surface area contributed by atoms with Gasteiger partial charge in [-0.05, 0) is 0 Å². The summed E-state index contributed by atoms with van der Waals surface area (Å²) in [5.41, 5.74) is 0.0754. The van der Waals surface area contributed by atoms with E-state index in [1.54, 1.807) is 0 Å². The number of anilines is 1. The molecule has 0 bridgehead atoms. The zero-order chi connectivity index (χ0) is 15.1. The smallest absolute Gasteiger partial charge is 0.356 e. The molecular formula is C9H13N3O6S2. The van der Waals surface area contributed by atoms with Crippen molar-refractivity contribution in [1.29, 1.82) is 0 Å². The number of methoxy groups -OCH3 is 1. The molecule has 0 spiro atoms. The Hall–Kier alpha value is -1.62. The van der Waals surface area contributed by atoms with Crippen LogP contribution in [0.1, 0.15) is 10.5 Å². The van der Waals surface area contributed by atoms with E-state index in [0.717, 1.165) is 0 Å². The highest BCUT2D eigenvalue weighted by molar-refractivity contribution is 8.00. The molecule has 1 aromatic heterocycles. The molecule has 1 fully saturated rings. The van der Waals surface area contributed by atoms with Gasteiger partial charge in [0.1, 0.15) is 10.9 Å². The van der Waals surface area contributed by atoms with E-state index in [9.17, 15) is 21.6 Å². The highest BCUT2D eigenvalue weighted by Gasteiger charge is 2.43. The van der Waals surface area contributed by atoms with E-state index in [-0.39, 0.29) is 11.5 Å². The van der Waals surface area contributed by atoms with Gasteiger partial charge in [-0.15, -0.1) is 0 Å². The maximum Gasteiger partial charge on any atom is 0.356 e. The topological polar surface area (TPSA) is 124 Å². The van der Waals surface area contributed by atoms with Crippen molar-refractivity contribution in [2.45, 2.75) is 5.25 Å². The summed E-state index contributed by atoms with van der Waals surface area (Å²) in [5, 5.41) is 2.83. The van der Waals surface area contributed by atoms with Crippen LogP contribution in [0.15, 0.2) is 6.07 Å². The Morgan fingerprint density at radius 3 is 2.60 bits per heavy atom. The van der Waals surface area contributed by atoms with Crippen LogP contribution in [-0.2, 0) is 31.6 Å². The third kappa shape index (κ3) is 2.77. The van der Waals surface area contributed by atoms with Gasteiger partial charge in [-0.25, -0.2) is 21.6 Å². The minimum atomic E-state index is -3.84. The second-order valence-electron chi connectivity index (χ2n) is 4.38. The summed E-state index contributed by atoms with van der Waals surface area (Å²) in [7, 11) is -4.44. The molecule has 1 saturated heterocycles. The van der Waals surface area contributed by atoms with Crippen LogP contribution in [0.5, 0.6) is 0 Å². The van der Waals surface area contributed by atoms with Crippen molar-refractivity contribution < 1.29 is 26.4 Å². The number of carbonyl (C=O) groups excluding carboxylic acids is 1. The maximum atomic E-state index is 11.9. The van der Waals surface area contributed by atoms with Crippen LogP contribution in [0.2, 0.25) is 0 Å². The molecule has 0 aliphatic carbocycles. The van der Waals surface area contributed by atoms with E-state index >= 15 is 0 Å². The molecular weight excluding hydrogens is 310 g/mol. The summed E-state index contributed by atoms with van der Waals surface area (Å²) in [6, 6.07) is 1.22. The lowest BCUT2D eigenvalue weighted by Gasteiger charge is -2.25. The number of esters is 1. The summed E-state index contributed by atoms with van der Waals surface area (Å²) in [6.45, 7) is 0. The average molecular weight is 323 g/mol. The van der Waals surface area contributed by atoms with Gasteiger partial charge >= 0.3 is 5.97 Å². The van der Waals surface area contributed by atoms with Gasteiger partial charge in [-0.1, -0.05) is 0 Å². The van der Waals surface area contributed by atoms with Crippen molar-refractivity contribution in [2.24, 2.45) is 7.05 Å². The molecule has 0 aromatic carbocycles. The fraction of sp³-hybridized carbons (Fsp3) is 0.556. The van der Waals surface area contributed by atoms with E-state index < -0.39 is 42.6 Å². The zero-order valence-corrected chi connectivity index (χ0v) is 12.4. The second kappa shape index (κ2) is 4.74. The largest absolute Gasteiger partial charge is 0.464 e. The van der Waals surface area contributed by atoms with Crippen LogP contribution in [0.3, 0.4) is 0 Å². The normalized spacial score (nSPS) is 18.3. The number of nitrogens with one attached hydrogen (secondary N) is 1. The molecule has 112 valence electrons. The Morgan fingerprint density at radius 2 is 2.10 bits per heavy atom. The third-order valence-electron chi connectivity index (χ3n) is 2.84. The number of aryl methyl sites for hydroxylation is 1. The van der Waals surface area contributed by atoms with Crippen LogP contribution in [0.4, 0.5) is 5.82 Å². The SMILES string of the molecule is COC(=O)c1cc(NS(=O)(=O)C2CS(=O)(=O)C2)nn1C. The van der Waals surface area contributed by atoms with Gasteiger partial charge in [0.15, 0.2) is 15.7 Å². The van der Waals surface area contributed by atoms with Gasteiger partial charge in [0, 0.05) is 13.1 Å². The first-order valence-electron chi connectivity index (χ1n) is 5.49. The van der Waals surface area contributed by atoms with Crippen molar-refractivity contribution in [3.8, 4) is 0 Å². The molecule has 0 saturated carbocycles. The second-order valence-corrected chi connectivity index (χ2v) is 8.49. The number of sulfonamides is 1. The van der Waals surface area contributed by atoms with Gasteiger partial charge in [-0.3, -0.25) is 9.40 Å². The summed E-state index contributed by atoms with van der Waals surface area (Å²) in [4.78, 5) is 11.4. The van der Waals surface area contributed by atoms with E-state index in [4.69, 9.17) is 0 Å². The number of ether oxygens (including phenoxy) is 1. The molecule has 1 aliphatic rings. The molecule has 20 heavy (non-hydrogen) atoms. The molecule has 2 rings (SSSR count). The molecule has 0 radical (unpaired) electrons. The number of aromatic nitrogens is 2. The fourth-order valence-electron chi connectivity index (χ4n) is 1.74. The van der Waals surface area contributed by atoms with E-state index in [1.165, 1.54) is 24.9 Å². The van der Waals surface area contributed by atoms with E-state index in [0.29, 0.717) is 0 Å². The van der Waals surface area contributed by atoms with Crippen molar-refractivity contribution in [2.75, 3.05) is 23.3 Å². The quantitative estimate of drug-likeness (QED) is 0.686. The fourth-order valence-corrected chi connectivity index (χ4v) is 6.01. The van der Waals surface area contributed by atoms with Gasteiger partial charge in [-0.2, -0.15) is 5.10 Å². The van der Waals surface area contributed by atoms with Gasteiger partial charge in [0.25, 0.3) is 0 Å². The molecule has 1 aliphatic heterocycles. The lowest BCUT2D eigenvalue weighted by Crippen LogP contribution is -2.48. The first kappa shape index (κ1) is 14.8. The molecule has 1 N–H and O–H groups in total. The summed E-state index contributed by atoms with van der Waals surface area (Å²) >= 11 is 0. The van der Waals surface area contributed by atoms with Crippen LogP contribution >= 0.6 is 0 Å². The monoisotopic (exact) mass is 323 g/mol. The summed E-state index contributed by atoms with van der Waals surface area (Å²) < 4.78 is 53.6. The highest BCUT2D eigenvalue weighted by Crippen LogP contribution is 2.21. The minimum absolute atomic E-state index is 0.0582. The van der Waals surface area contributed by atoms with Crippen molar-refractivity contribution in [3.63, 3.8) is 0 Å². The lowest BCUT2D eigenvalue weighted by molar-refractivity contribution is 0.0588. The summed E-state index contributed by atoms with van der Waals surface area (Å²) in [6.07, 6.45) is 0. The zero-order valence-electron chi connectivity index (χ0n) is 10.7. The Labute approximate surface area is 115 Å². The Bertz CT molecular complexity index is 737. The molecule has 9 nitrogen and oxygen atoms in total. The summed E-state index contributed by atoms with van der Waals surface area (Å²) in [5.74, 6) is -1.52. The van der Waals surface area contributed by atoms with Crippen molar-refractivity contribution >= 4 is 31.6 Å².